The minimum atomic E-state index is -1.44. The second-order valence-electron chi connectivity index (χ2n) is 5.13. The summed E-state index contributed by atoms with van der Waals surface area (Å²) < 4.78 is 9.89. The third kappa shape index (κ3) is 4.37. The SMILES string of the molecule is CCOC(=O)[C@@H](CO)NC(=O)C(C)C1OC[C@@H](O)[C@H](O)C1O. The van der Waals surface area contributed by atoms with Crippen LogP contribution >= 0.6 is 0 Å². The number of aliphatic hydroxyl groups is 4. The van der Waals surface area contributed by atoms with Gasteiger partial charge in [0.2, 0.25) is 5.91 Å². The fourth-order valence-corrected chi connectivity index (χ4v) is 2.14. The fraction of sp³-hybridized carbons (Fsp3) is 0.846. The molecule has 3 unspecified atom stereocenters. The van der Waals surface area contributed by atoms with Crippen molar-refractivity contribution < 1.29 is 39.5 Å². The predicted molar refractivity (Wildman–Crippen MR) is 72.6 cm³/mol. The van der Waals surface area contributed by atoms with E-state index in [1.165, 1.54) is 6.92 Å². The summed E-state index contributed by atoms with van der Waals surface area (Å²) in [5.41, 5.74) is 0. The van der Waals surface area contributed by atoms with Crippen LogP contribution < -0.4 is 5.32 Å². The highest BCUT2D eigenvalue weighted by Crippen LogP contribution is 2.22. The van der Waals surface area contributed by atoms with Crippen LogP contribution in [0.15, 0.2) is 0 Å². The first-order chi connectivity index (χ1) is 10.3. The second kappa shape index (κ2) is 8.39. The van der Waals surface area contributed by atoms with E-state index in [4.69, 9.17) is 14.6 Å². The van der Waals surface area contributed by atoms with Gasteiger partial charge in [0.1, 0.15) is 18.3 Å². The van der Waals surface area contributed by atoms with E-state index < -0.39 is 54.9 Å². The summed E-state index contributed by atoms with van der Waals surface area (Å²) in [4.78, 5) is 23.6. The van der Waals surface area contributed by atoms with E-state index in [2.05, 4.69) is 5.32 Å². The number of hydrogen-bond acceptors (Lipinski definition) is 8. The van der Waals surface area contributed by atoms with Gasteiger partial charge in [-0.1, -0.05) is 6.92 Å². The van der Waals surface area contributed by atoms with Gasteiger partial charge >= 0.3 is 5.97 Å². The molecule has 0 aromatic rings. The van der Waals surface area contributed by atoms with Crippen LogP contribution in [0.4, 0.5) is 0 Å². The zero-order valence-corrected chi connectivity index (χ0v) is 12.5. The quantitative estimate of drug-likeness (QED) is 0.329. The van der Waals surface area contributed by atoms with Gasteiger partial charge in [0.25, 0.3) is 0 Å². The molecule has 0 aromatic carbocycles. The van der Waals surface area contributed by atoms with E-state index in [0.29, 0.717) is 0 Å². The third-order valence-electron chi connectivity index (χ3n) is 3.52. The van der Waals surface area contributed by atoms with Crippen molar-refractivity contribution in [3.8, 4) is 0 Å². The van der Waals surface area contributed by atoms with Gasteiger partial charge in [0.05, 0.1) is 31.8 Å². The monoisotopic (exact) mass is 321 g/mol. The lowest BCUT2D eigenvalue weighted by Gasteiger charge is -2.37. The Morgan fingerprint density at radius 3 is 2.50 bits per heavy atom. The Balaban J connectivity index is 2.66. The molecule has 0 radical (unpaired) electrons. The molecule has 22 heavy (non-hydrogen) atoms. The van der Waals surface area contributed by atoms with Gasteiger partial charge < -0.3 is 35.2 Å². The van der Waals surface area contributed by atoms with E-state index in [0.717, 1.165) is 0 Å². The minimum absolute atomic E-state index is 0.106. The largest absolute Gasteiger partial charge is 0.464 e. The lowest BCUT2D eigenvalue weighted by molar-refractivity contribution is -0.200. The van der Waals surface area contributed by atoms with Gasteiger partial charge in [0.15, 0.2) is 6.04 Å². The Morgan fingerprint density at radius 1 is 1.32 bits per heavy atom. The van der Waals surface area contributed by atoms with Gasteiger partial charge in [-0.15, -0.1) is 0 Å². The molecule has 128 valence electrons. The zero-order chi connectivity index (χ0) is 16.9. The molecule has 0 spiro atoms. The third-order valence-corrected chi connectivity index (χ3v) is 3.52. The molecule has 1 aliphatic heterocycles. The summed E-state index contributed by atoms with van der Waals surface area (Å²) in [7, 11) is 0. The molecule has 0 aliphatic carbocycles. The number of amides is 1. The van der Waals surface area contributed by atoms with Gasteiger partial charge in [-0.2, -0.15) is 0 Å². The maximum Gasteiger partial charge on any atom is 0.331 e. The summed E-state index contributed by atoms with van der Waals surface area (Å²) in [5.74, 6) is -2.34. The van der Waals surface area contributed by atoms with Gasteiger partial charge in [0, 0.05) is 0 Å². The van der Waals surface area contributed by atoms with Crippen LogP contribution in [-0.4, -0.2) is 82.6 Å². The lowest BCUT2D eigenvalue weighted by Crippen LogP contribution is -2.58. The van der Waals surface area contributed by atoms with Crippen molar-refractivity contribution in [1.82, 2.24) is 5.32 Å². The molecule has 0 saturated carbocycles. The highest BCUT2D eigenvalue weighted by Gasteiger charge is 2.42. The van der Waals surface area contributed by atoms with Crippen molar-refractivity contribution >= 4 is 11.9 Å². The van der Waals surface area contributed by atoms with Crippen molar-refractivity contribution in [3.05, 3.63) is 0 Å². The van der Waals surface area contributed by atoms with Crippen LogP contribution in [0.1, 0.15) is 13.8 Å². The summed E-state index contributed by atoms with van der Waals surface area (Å²) in [6.07, 6.45) is -5.14. The number of rotatable bonds is 6. The molecular weight excluding hydrogens is 298 g/mol. The Hall–Kier alpha value is -1.26. The van der Waals surface area contributed by atoms with Crippen LogP contribution in [0.5, 0.6) is 0 Å². The van der Waals surface area contributed by atoms with E-state index in [1.54, 1.807) is 6.92 Å². The molecule has 1 fully saturated rings. The first-order valence-electron chi connectivity index (χ1n) is 7.07. The predicted octanol–water partition coefficient (Wildman–Crippen LogP) is -2.86. The first-order valence-corrected chi connectivity index (χ1v) is 7.07. The molecule has 1 aliphatic rings. The van der Waals surface area contributed by atoms with Crippen molar-refractivity contribution in [3.63, 3.8) is 0 Å². The van der Waals surface area contributed by atoms with Gasteiger partial charge in [-0.25, -0.2) is 4.79 Å². The highest BCUT2D eigenvalue weighted by molar-refractivity contribution is 5.86. The maximum absolute atomic E-state index is 12.1. The van der Waals surface area contributed by atoms with Crippen LogP contribution in [0, 0.1) is 5.92 Å². The Bertz CT molecular complexity index is 390. The lowest BCUT2D eigenvalue weighted by atomic mass is 9.91. The molecule has 9 nitrogen and oxygen atoms in total. The number of nitrogens with one attached hydrogen (secondary N) is 1. The van der Waals surface area contributed by atoms with Crippen LogP contribution in [-0.2, 0) is 19.1 Å². The standard InChI is InChI=1S/C13H23NO8/c1-3-21-13(20)7(4-15)14-12(19)6(2)11-10(18)9(17)8(16)5-22-11/h6-11,15-18H,3-5H2,1-2H3,(H,14,19)/t6?,7-,8-,9+,10?,11?/m1/s1. The van der Waals surface area contributed by atoms with Crippen LogP contribution in [0.25, 0.3) is 0 Å². The topological polar surface area (TPSA) is 146 Å². The van der Waals surface area contributed by atoms with Crippen LogP contribution in [0.3, 0.4) is 0 Å². The Kier molecular flexibility index (Phi) is 7.17. The molecule has 9 heteroatoms. The summed E-state index contributed by atoms with van der Waals surface area (Å²) in [5, 5.41) is 40.3. The number of hydrogen-bond donors (Lipinski definition) is 5. The van der Waals surface area contributed by atoms with Crippen molar-refractivity contribution in [2.45, 2.75) is 44.3 Å². The first kappa shape index (κ1) is 18.8. The molecular formula is C13H23NO8. The summed E-state index contributed by atoms with van der Waals surface area (Å²) in [6, 6.07) is -1.22. The van der Waals surface area contributed by atoms with Crippen molar-refractivity contribution in [2.75, 3.05) is 19.8 Å². The summed E-state index contributed by atoms with van der Waals surface area (Å²) >= 11 is 0. The van der Waals surface area contributed by atoms with E-state index in [-0.39, 0.29) is 13.2 Å². The number of carbonyl (C=O) groups is 2. The van der Waals surface area contributed by atoms with E-state index in [9.17, 15) is 24.9 Å². The van der Waals surface area contributed by atoms with Gasteiger partial charge in [-0.05, 0) is 6.92 Å². The van der Waals surface area contributed by atoms with E-state index >= 15 is 0 Å². The van der Waals surface area contributed by atoms with Gasteiger partial charge in [-0.3, -0.25) is 4.79 Å². The molecule has 1 rings (SSSR count). The van der Waals surface area contributed by atoms with Crippen LogP contribution in [0.2, 0.25) is 0 Å². The molecule has 1 amide bonds. The Morgan fingerprint density at radius 2 is 1.95 bits per heavy atom. The van der Waals surface area contributed by atoms with E-state index in [1.807, 2.05) is 0 Å². The molecule has 1 heterocycles. The number of carbonyl (C=O) groups excluding carboxylic acids is 2. The second-order valence-corrected chi connectivity index (χ2v) is 5.13. The average Bonchev–Trinajstić information content (AvgIpc) is 2.49. The highest BCUT2D eigenvalue weighted by atomic mass is 16.5. The zero-order valence-electron chi connectivity index (χ0n) is 12.5. The average molecular weight is 321 g/mol. The number of esters is 1. The maximum atomic E-state index is 12.1. The molecule has 0 bridgehead atoms. The number of ether oxygens (including phenoxy) is 2. The Labute approximate surface area is 127 Å². The smallest absolute Gasteiger partial charge is 0.331 e. The normalized spacial score (nSPS) is 31.2. The van der Waals surface area contributed by atoms with Crippen molar-refractivity contribution in [1.29, 1.82) is 0 Å². The fourth-order valence-electron chi connectivity index (χ4n) is 2.14. The number of aliphatic hydroxyl groups excluding tert-OH is 4. The van der Waals surface area contributed by atoms with Crippen molar-refractivity contribution in [2.24, 2.45) is 5.92 Å². The summed E-state index contributed by atoms with van der Waals surface area (Å²) in [6.45, 7) is 2.28. The minimum Gasteiger partial charge on any atom is -0.464 e. The molecule has 5 N–H and O–H groups in total. The molecule has 6 atom stereocenters. The molecule has 1 saturated heterocycles. The molecule has 0 aromatic heterocycles.